The maximum Gasteiger partial charge on any atom is 0.533 e. The fourth-order valence-electron chi connectivity index (χ4n) is 5.47. The van der Waals surface area contributed by atoms with Crippen LogP contribution in [0, 0.1) is 0 Å². The zero-order valence-electron chi connectivity index (χ0n) is 27.3. The van der Waals surface area contributed by atoms with Crippen LogP contribution in [0.25, 0.3) is 11.1 Å². The number of carbonyl (C=O) groups is 6. The Kier molecular flexibility index (Phi) is 13.4. The summed E-state index contributed by atoms with van der Waals surface area (Å²) in [6.07, 6.45) is 0.204. The summed E-state index contributed by atoms with van der Waals surface area (Å²) in [5.74, 6) is -2.58. The van der Waals surface area contributed by atoms with Crippen molar-refractivity contribution in [3.63, 3.8) is 0 Å². The number of benzene rings is 2. The van der Waals surface area contributed by atoms with Gasteiger partial charge in [-0.25, -0.2) is 4.79 Å². The molecule has 0 saturated carbocycles. The van der Waals surface area contributed by atoms with Gasteiger partial charge in [0.15, 0.2) is 0 Å². The second-order valence-corrected chi connectivity index (χ2v) is 11.2. The Morgan fingerprint density at radius 3 is 2.33 bits per heavy atom. The van der Waals surface area contributed by atoms with Crippen LogP contribution in [0.3, 0.4) is 0 Å². The van der Waals surface area contributed by atoms with E-state index < -0.39 is 23.9 Å². The third kappa shape index (κ3) is 9.61. The SMILES string of the molecule is CCCOCCNC(=O)c1cccc2c1-c1ccc(NC(=O)CCCC(=O)NCCOCC)cc1C2COC(=O)ON1C(=O)CCC1=O. The second-order valence-electron chi connectivity index (χ2n) is 11.2. The van der Waals surface area contributed by atoms with Crippen molar-refractivity contribution in [2.24, 2.45) is 0 Å². The van der Waals surface area contributed by atoms with E-state index in [0.717, 1.165) is 6.42 Å². The van der Waals surface area contributed by atoms with Gasteiger partial charge in [-0.3, -0.25) is 28.8 Å². The Bertz CT molecular complexity index is 1490. The minimum Gasteiger partial charge on any atom is -0.432 e. The maximum atomic E-state index is 13.3. The zero-order chi connectivity index (χ0) is 34.5. The molecule has 14 heteroatoms. The normalized spacial score (nSPS) is 14.7. The maximum absolute atomic E-state index is 13.3. The lowest BCUT2D eigenvalue weighted by Crippen LogP contribution is -2.32. The van der Waals surface area contributed by atoms with E-state index in [9.17, 15) is 28.8 Å². The minimum absolute atomic E-state index is 0.0543. The van der Waals surface area contributed by atoms with E-state index in [-0.39, 0.29) is 50.0 Å². The van der Waals surface area contributed by atoms with Gasteiger partial charge >= 0.3 is 6.16 Å². The largest absolute Gasteiger partial charge is 0.533 e. The van der Waals surface area contributed by atoms with E-state index >= 15 is 0 Å². The number of nitrogens with one attached hydrogen (secondary N) is 3. The van der Waals surface area contributed by atoms with Gasteiger partial charge in [-0.15, -0.1) is 0 Å². The van der Waals surface area contributed by atoms with Crippen LogP contribution >= 0.6 is 0 Å². The van der Waals surface area contributed by atoms with Crippen molar-refractivity contribution in [3.8, 4) is 11.1 Å². The first-order chi connectivity index (χ1) is 23.2. The van der Waals surface area contributed by atoms with Crippen molar-refractivity contribution in [2.45, 2.75) is 58.3 Å². The number of hydrogen-bond donors (Lipinski definition) is 3. The third-order valence-corrected chi connectivity index (χ3v) is 7.70. The van der Waals surface area contributed by atoms with Crippen LogP contribution in [0.5, 0.6) is 0 Å². The number of amides is 5. The van der Waals surface area contributed by atoms with E-state index in [1.54, 1.807) is 30.3 Å². The molecule has 3 N–H and O–H groups in total. The van der Waals surface area contributed by atoms with Gasteiger partial charge < -0.3 is 30.2 Å². The number of hydrogen-bond acceptors (Lipinski definition) is 10. The van der Waals surface area contributed by atoms with Crippen molar-refractivity contribution in [1.29, 1.82) is 0 Å². The molecule has 14 nitrogen and oxygen atoms in total. The van der Waals surface area contributed by atoms with Crippen LogP contribution in [0.4, 0.5) is 10.5 Å². The average Bonchev–Trinajstić information content (AvgIpc) is 3.56. The Morgan fingerprint density at radius 1 is 0.854 bits per heavy atom. The molecule has 1 atom stereocenters. The first-order valence-electron chi connectivity index (χ1n) is 16.2. The van der Waals surface area contributed by atoms with Crippen molar-refractivity contribution >= 4 is 41.4 Å². The minimum atomic E-state index is -1.22. The topological polar surface area (TPSA) is 179 Å². The predicted octanol–water partition coefficient (Wildman–Crippen LogP) is 3.43. The molecular formula is C34H42N4O10. The molecule has 1 heterocycles. The smallest absolute Gasteiger partial charge is 0.432 e. The summed E-state index contributed by atoms with van der Waals surface area (Å²) in [6, 6.07) is 10.5. The van der Waals surface area contributed by atoms with E-state index in [4.69, 9.17) is 19.0 Å². The molecule has 258 valence electrons. The van der Waals surface area contributed by atoms with Gasteiger partial charge in [0.2, 0.25) is 11.8 Å². The lowest BCUT2D eigenvalue weighted by Gasteiger charge is -2.17. The summed E-state index contributed by atoms with van der Waals surface area (Å²) in [6.45, 7) is 6.32. The Morgan fingerprint density at radius 2 is 1.58 bits per heavy atom. The summed E-state index contributed by atoms with van der Waals surface area (Å²) in [7, 11) is 0. The molecule has 0 spiro atoms. The molecular weight excluding hydrogens is 624 g/mol. The van der Waals surface area contributed by atoms with Crippen LogP contribution in [0.15, 0.2) is 36.4 Å². The highest BCUT2D eigenvalue weighted by Crippen LogP contribution is 2.47. The molecule has 2 aromatic rings. The van der Waals surface area contributed by atoms with Gasteiger partial charge in [-0.05, 0) is 60.2 Å². The Balaban J connectivity index is 1.48. The van der Waals surface area contributed by atoms with Gasteiger partial charge in [-0.1, -0.05) is 30.2 Å². The van der Waals surface area contributed by atoms with Crippen LogP contribution in [-0.2, 0) is 38.2 Å². The zero-order valence-corrected chi connectivity index (χ0v) is 27.3. The molecule has 5 amide bonds. The van der Waals surface area contributed by atoms with Gasteiger partial charge in [0.1, 0.15) is 6.61 Å². The van der Waals surface area contributed by atoms with Crippen molar-refractivity contribution in [2.75, 3.05) is 51.4 Å². The standard InChI is InChI=1S/C34H42N4O10/c1-3-17-46-19-16-36-33(43)25-8-5-7-23-27(21-47-34(44)48-38-30(41)13-14-31(38)42)26-20-22(11-12-24(26)32(23)25)37-29(40)10-6-9-28(39)35-15-18-45-4-2/h5,7-8,11-12,20,27H,3-4,6,9-10,13-19,21H2,1-2H3,(H,35,39)(H,36,43)(H,37,40). The van der Waals surface area contributed by atoms with Crippen LogP contribution in [0.2, 0.25) is 0 Å². The van der Waals surface area contributed by atoms with Gasteiger partial charge in [0, 0.05) is 69.2 Å². The molecule has 1 saturated heterocycles. The number of hydroxylamine groups is 2. The number of nitrogens with zero attached hydrogens (tertiary/aromatic N) is 1. The van der Waals surface area contributed by atoms with Crippen LogP contribution in [0.1, 0.15) is 79.8 Å². The molecule has 0 aromatic heterocycles. The van der Waals surface area contributed by atoms with E-state index in [1.807, 2.05) is 19.9 Å². The molecule has 0 radical (unpaired) electrons. The molecule has 1 aliphatic carbocycles. The summed E-state index contributed by atoms with van der Waals surface area (Å²) < 4.78 is 16.1. The number of ether oxygens (including phenoxy) is 3. The number of fused-ring (bicyclic) bond motifs is 3. The predicted molar refractivity (Wildman–Crippen MR) is 173 cm³/mol. The fourth-order valence-corrected chi connectivity index (χ4v) is 5.47. The number of carbonyl (C=O) groups excluding carboxylic acids is 6. The molecule has 1 unspecified atom stereocenters. The number of rotatable bonds is 18. The van der Waals surface area contributed by atoms with Gasteiger partial charge in [-0.2, -0.15) is 0 Å². The highest BCUT2D eigenvalue weighted by Gasteiger charge is 2.36. The molecule has 4 rings (SSSR count). The lowest BCUT2D eigenvalue weighted by atomic mass is 9.96. The third-order valence-electron chi connectivity index (χ3n) is 7.70. The fraction of sp³-hybridized carbons (Fsp3) is 0.471. The van der Waals surface area contributed by atoms with Gasteiger partial charge in [0.25, 0.3) is 17.7 Å². The summed E-state index contributed by atoms with van der Waals surface area (Å²) >= 11 is 0. The molecule has 1 fully saturated rings. The summed E-state index contributed by atoms with van der Waals surface area (Å²) in [5.41, 5.74) is 3.65. The van der Waals surface area contributed by atoms with E-state index in [1.165, 1.54) is 0 Å². The van der Waals surface area contributed by atoms with Crippen molar-refractivity contribution in [3.05, 3.63) is 53.1 Å². The van der Waals surface area contributed by atoms with Crippen LogP contribution in [-0.4, -0.2) is 86.9 Å². The van der Waals surface area contributed by atoms with Crippen LogP contribution < -0.4 is 16.0 Å². The molecule has 2 aliphatic rings. The summed E-state index contributed by atoms with van der Waals surface area (Å²) in [4.78, 5) is 79.3. The molecule has 1 aliphatic heterocycles. The quantitative estimate of drug-likeness (QED) is 0.121. The van der Waals surface area contributed by atoms with Crippen molar-refractivity contribution in [1.82, 2.24) is 15.7 Å². The first-order valence-corrected chi connectivity index (χ1v) is 16.2. The molecule has 0 bridgehead atoms. The first kappa shape index (κ1) is 36.0. The van der Waals surface area contributed by atoms with Crippen molar-refractivity contribution < 1.29 is 47.8 Å². The second kappa shape index (κ2) is 17.9. The number of anilines is 1. The van der Waals surface area contributed by atoms with Gasteiger partial charge in [0.05, 0.1) is 13.2 Å². The van der Waals surface area contributed by atoms with E-state index in [2.05, 4.69) is 16.0 Å². The highest BCUT2D eigenvalue weighted by atomic mass is 16.8. The monoisotopic (exact) mass is 666 g/mol. The van der Waals surface area contributed by atoms with E-state index in [0.29, 0.717) is 84.5 Å². The summed E-state index contributed by atoms with van der Waals surface area (Å²) in [5, 5.41) is 8.90. The average molecular weight is 667 g/mol. The molecule has 2 aromatic carbocycles. The molecule has 48 heavy (non-hydrogen) atoms. The number of imide groups is 1. The lowest BCUT2D eigenvalue weighted by molar-refractivity contribution is -0.177. The Hall–Kier alpha value is -4.82. The Labute approximate surface area is 278 Å². The highest BCUT2D eigenvalue weighted by molar-refractivity contribution is 6.04.